The van der Waals surface area contributed by atoms with Gasteiger partial charge in [0.25, 0.3) is 23.6 Å². The lowest BCUT2D eigenvalue weighted by Gasteiger charge is -2.32. The molecule has 14 heteroatoms. The molecule has 54 heavy (non-hydrogen) atoms. The van der Waals surface area contributed by atoms with Crippen molar-refractivity contribution in [2.75, 3.05) is 26.2 Å². The molecule has 0 spiro atoms. The van der Waals surface area contributed by atoms with Crippen LogP contribution < -0.4 is 53.7 Å². The molecule has 12 nitrogen and oxygen atoms in total. The second kappa shape index (κ2) is 20.0. The summed E-state index contributed by atoms with van der Waals surface area (Å²) in [5.41, 5.74) is 1.08. The minimum Gasteiger partial charge on any atom is -1.00 e. The van der Waals surface area contributed by atoms with Gasteiger partial charge in [-0.15, -0.1) is 0 Å². The molecule has 2 N–H and O–H groups in total. The molecule has 0 unspecified atom stereocenters. The second-order valence-electron chi connectivity index (χ2n) is 13.1. The van der Waals surface area contributed by atoms with Crippen LogP contribution in [0.2, 0.25) is 0 Å². The van der Waals surface area contributed by atoms with Crippen LogP contribution in [0.4, 0.5) is 0 Å². The normalized spacial score (nSPS) is 13.0. The molecular weight excluding hydrogens is 820 g/mol. The fourth-order valence-corrected chi connectivity index (χ4v) is 6.81. The summed E-state index contributed by atoms with van der Waals surface area (Å²) in [5.74, 6) is -2.08. The molecule has 4 heterocycles. The van der Waals surface area contributed by atoms with Gasteiger partial charge in [0, 0.05) is 109 Å². The lowest BCUT2D eigenvalue weighted by atomic mass is 9.86. The van der Waals surface area contributed by atoms with Crippen LogP contribution in [0.15, 0.2) is 85.5 Å². The fraction of sp³-hybridized carbons (Fsp3) is 0.350. The van der Waals surface area contributed by atoms with Crippen LogP contribution in [0.3, 0.4) is 0 Å². The summed E-state index contributed by atoms with van der Waals surface area (Å²) in [5, 5.41) is 6.51. The molecule has 284 valence electrons. The van der Waals surface area contributed by atoms with Gasteiger partial charge in [-0.3, -0.25) is 38.6 Å². The summed E-state index contributed by atoms with van der Waals surface area (Å²) in [7, 11) is 0. The van der Waals surface area contributed by atoms with E-state index < -0.39 is 23.6 Å². The van der Waals surface area contributed by atoms with Crippen LogP contribution in [-0.2, 0) is 22.7 Å². The van der Waals surface area contributed by atoms with E-state index in [1.165, 1.54) is 9.80 Å². The van der Waals surface area contributed by atoms with Gasteiger partial charge >= 0.3 is 0 Å². The highest BCUT2D eigenvalue weighted by Gasteiger charge is 2.39. The molecule has 0 fully saturated rings. The number of hydrogen-bond donors (Lipinski definition) is 2. The second-order valence-corrected chi connectivity index (χ2v) is 13.1. The topological polar surface area (TPSA) is 141 Å². The minimum absolute atomic E-state index is 0. The van der Waals surface area contributed by atoms with Crippen molar-refractivity contribution in [2.24, 2.45) is 0 Å². The molecule has 0 bridgehead atoms. The number of benzene rings is 2. The van der Waals surface area contributed by atoms with Gasteiger partial charge in [0.1, 0.15) is 13.1 Å². The number of rotatable bonds is 18. The third-order valence-corrected chi connectivity index (χ3v) is 9.52. The van der Waals surface area contributed by atoms with Crippen molar-refractivity contribution in [2.45, 2.75) is 64.5 Å². The van der Waals surface area contributed by atoms with Gasteiger partial charge < -0.3 is 44.6 Å². The maximum atomic E-state index is 13.6. The Hall–Kier alpha value is -4.82. The van der Waals surface area contributed by atoms with E-state index in [2.05, 4.69) is 19.8 Å². The molecule has 0 radical (unpaired) electrons. The number of carbonyl (C=O) groups excluding carboxylic acids is 6. The molecule has 2 aromatic carbocycles. The van der Waals surface area contributed by atoms with Crippen molar-refractivity contribution >= 4 is 46.2 Å². The number of halogens is 2. The molecule has 0 atom stereocenters. The molecule has 0 saturated heterocycles. The first-order valence-corrected chi connectivity index (χ1v) is 18.1. The number of nitrogens with zero attached hydrogens (tertiary/aromatic N) is 4. The van der Waals surface area contributed by atoms with Crippen LogP contribution in [0.5, 0.6) is 0 Å². The Morgan fingerprint density at radius 2 is 0.815 bits per heavy atom. The van der Waals surface area contributed by atoms with Crippen molar-refractivity contribution in [3.63, 3.8) is 0 Å². The van der Waals surface area contributed by atoms with Crippen molar-refractivity contribution in [3.8, 4) is 0 Å². The summed E-state index contributed by atoms with van der Waals surface area (Å²) in [4.78, 5) is 81.4. The maximum Gasteiger partial charge on any atom is 0.261 e. The van der Waals surface area contributed by atoms with E-state index >= 15 is 0 Å². The largest absolute Gasteiger partial charge is 1.00 e. The molecule has 2 aliphatic heterocycles. The molecule has 6 amide bonds. The molecule has 2 aliphatic rings. The number of imide groups is 2. The van der Waals surface area contributed by atoms with E-state index in [0.717, 1.165) is 25.9 Å². The van der Waals surface area contributed by atoms with Crippen molar-refractivity contribution < 1.29 is 71.9 Å². The standard InChI is InChI=1S/C40H42N6O6.2BrH/c47-33(41-19-11-25-43-21-5-1-6-22-43)13-3-9-27-45-37(49)29-15-17-31-36-32(18-16-30(35(29)36)38(45)50)40(52)46(39(31)51)28-10-4-14-34(48)42-20-12-26-44-23-7-2-8-24-44;;/h1-2,5-8,15-18,21-24H,3-4,9-14,19-20,25-28H2;2*1H. The third-order valence-electron chi connectivity index (χ3n) is 9.52. The lowest BCUT2D eigenvalue weighted by Crippen LogP contribution is -3.00. The Bertz CT molecular complexity index is 1780. The number of aryl methyl sites for hydroxylation is 2. The number of nitrogens with one attached hydrogen (secondary N) is 2. The molecule has 4 aromatic rings. The average molecular weight is 865 g/mol. The SMILES string of the molecule is O=C(CCCCN1C(=O)c2ccc3c4c(ccc(c24)C1=O)C(=O)N(CCCCC(=O)NCCC[n+]1ccccc1)C3=O)NCCC[n+]1ccccc1.[Br-].[Br-]. The number of aromatic nitrogens is 2. The van der Waals surface area contributed by atoms with Crippen molar-refractivity contribution in [3.05, 3.63) is 108 Å². The van der Waals surface area contributed by atoms with Gasteiger partial charge in [0.15, 0.2) is 24.8 Å². The summed E-state index contributed by atoms with van der Waals surface area (Å²) in [6.45, 7) is 3.02. The maximum absolute atomic E-state index is 13.6. The summed E-state index contributed by atoms with van der Waals surface area (Å²) >= 11 is 0. The summed E-state index contributed by atoms with van der Waals surface area (Å²) in [6.07, 6.45) is 12.0. The van der Waals surface area contributed by atoms with E-state index in [1.807, 2.05) is 61.2 Å². The fourth-order valence-electron chi connectivity index (χ4n) is 6.81. The van der Waals surface area contributed by atoms with E-state index in [0.29, 0.717) is 49.5 Å². The molecule has 0 aliphatic carbocycles. The molecule has 2 aromatic heterocycles. The Balaban J connectivity index is 0.00000325. The van der Waals surface area contributed by atoms with E-state index in [1.54, 1.807) is 24.3 Å². The number of hydrogen-bond acceptors (Lipinski definition) is 6. The quantitative estimate of drug-likeness (QED) is 0.0638. The number of pyridine rings is 2. The van der Waals surface area contributed by atoms with Crippen LogP contribution >= 0.6 is 0 Å². The zero-order valence-electron chi connectivity index (χ0n) is 30.0. The predicted molar refractivity (Wildman–Crippen MR) is 191 cm³/mol. The predicted octanol–water partition coefficient (Wildman–Crippen LogP) is -2.63. The van der Waals surface area contributed by atoms with Gasteiger partial charge in [0.2, 0.25) is 11.8 Å². The van der Waals surface area contributed by atoms with Crippen LogP contribution in [-0.4, -0.2) is 71.4 Å². The zero-order valence-corrected chi connectivity index (χ0v) is 33.1. The first-order valence-electron chi connectivity index (χ1n) is 18.1. The van der Waals surface area contributed by atoms with Gasteiger partial charge in [-0.1, -0.05) is 12.1 Å². The Morgan fingerprint density at radius 1 is 0.481 bits per heavy atom. The van der Waals surface area contributed by atoms with E-state index in [-0.39, 0.29) is 94.0 Å². The minimum atomic E-state index is -0.483. The lowest BCUT2D eigenvalue weighted by molar-refractivity contribution is -0.697. The highest BCUT2D eigenvalue weighted by Crippen LogP contribution is 2.38. The van der Waals surface area contributed by atoms with Gasteiger partial charge in [-0.05, 0) is 49.9 Å². The van der Waals surface area contributed by atoms with Crippen LogP contribution in [0.1, 0.15) is 92.8 Å². The third kappa shape index (κ3) is 9.83. The van der Waals surface area contributed by atoms with E-state index in [9.17, 15) is 28.8 Å². The average Bonchev–Trinajstić information content (AvgIpc) is 3.16. The Kier molecular flexibility index (Phi) is 15.5. The number of carbonyl (C=O) groups is 6. The molecule has 6 rings (SSSR count). The van der Waals surface area contributed by atoms with Crippen molar-refractivity contribution in [1.29, 1.82) is 0 Å². The van der Waals surface area contributed by atoms with Gasteiger partial charge in [0.05, 0.1) is 0 Å². The van der Waals surface area contributed by atoms with Crippen molar-refractivity contribution in [1.82, 2.24) is 20.4 Å². The smallest absolute Gasteiger partial charge is 0.261 e. The number of amides is 6. The zero-order chi connectivity index (χ0) is 36.5. The first kappa shape index (κ1) is 41.9. The van der Waals surface area contributed by atoms with Gasteiger partial charge in [-0.2, -0.15) is 0 Å². The highest BCUT2D eigenvalue weighted by molar-refractivity contribution is 6.33. The van der Waals surface area contributed by atoms with Crippen LogP contribution in [0, 0.1) is 0 Å². The molecule has 0 saturated carbocycles. The highest BCUT2D eigenvalue weighted by atomic mass is 79.9. The Labute approximate surface area is 335 Å². The molecular formula is C40H44Br2N6O6. The summed E-state index contributed by atoms with van der Waals surface area (Å²) < 4.78 is 4.11. The van der Waals surface area contributed by atoms with E-state index in [4.69, 9.17) is 0 Å². The Morgan fingerprint density at radius 3 is 1.15 bits per heavy atom. The first-order chi connectivity index (χ1) is 25.3. The number of unbranched alkanes of at least 4 members (excludes halogenated alkanes) is 2. The summed E-state index contributed by atoms with van der Waals surface area (Å²) in [6, 6.07) is 18.0. The van der Waals surface area contributed by atoms with Crippen LogP contribution in [0.25, 0.3) is 10.8 Å². The monoisotopic (exact) mass is 862 g/mol. The van der Waals surface area contributed by atoms with Gasteiger partial charge in [-0.25, -0.2) is 9.13 Å².